The molecule has 5 heteroatoms. The van der Waals surface area contributed by atoms with E-state index in [2.05, 4.69) is 112 Å². The van der Waals surface area contributed by atoms with E-state index in [0.717, 1.165) is 33.1 Å². The molecule has 6 aromatic carbocycles. The summed E-state index contributed by atoms with van der Waals surface area (Å²) in [4.78, 5) is 15.3. The van der Waals surface area contributed by atoms with Gasteiger partial charge in [0.05, 0.1) is 27.6 Å². The van der Waals surface area contributed by atoms with Gasteiger partial charge >= 0.3 is 0 Å². The fourth-order valence-electron chi connectivity index (χ4n) is 7.06. The highest BCUT2D eigenvalue weighted by molar-refractivity contribution is 6.29. The van der Waals surface area contributed by atoms with E-state index in [1.165, 1.54) is 38.0 Å². The lowest BCUT2D eigenvalue weighted by Gasteiger charge is -2.11. The molecule has 204 valence electrons. The van der Waals surface area contributed by atoms with Crippen molar-refractivity contribution in [3.63, 3.8) is 0 Å². The van der Waals surface area contributed by atoms with Gasteiger partial charge in [0.25, 0.3) is 0 Å². The quantitative estimate of drug-likeness (QED) is 0.216. The van der Waals surface area contributed by atoms with E-state index in [0.29, 0.717) is 17.6 Å². The van der Waals surface area contributed by atoms with Crippen LogP contribution in [0.5, 0.6) is 0 Å². The molecule has 10 aromatic rings. The van der Waals surface area contributed by atoms with Crippen molar-refractivity contribution in [3.8, 4) is 28.7 Å². The average molecular weight is 562 g/mol. The summed E-state index contributed by atoms with van der Waals surface area (Å²) in [5, 5.41) is 7.32. The molecule has 4 aromatic heterocycles. The molecule has 0 aliphatic rings. The van der Waals surface area contributed by atoms with Crippen LogP contribution in [0.1, 0.15) is 0 Å². The van der Waals surface area contributed by atoms with Gasteiger partial charge < -0.3 is 4.40 Å². The molecule has 0 aliphatic heterocycles. The first kappa shape index (κ1) is 23.5. The number of benzene rings is 6. The summed E-state index contributed by atoms with van der Waals surface area (Å²) in [7, 11) is 0. The molecule has 44 heavy (non-hydrogen) atoms. The lowest BCUT2D eigenvalue weighted by atomic mass is 10.1. The maximum absolute atomic E-state index is 5.18. The molecule has 4 heterocycles. The summed E-state index contributed by atoms with van der Waals surface area (Å²) in [6, 6.07) is 48.8. The van der Waals surface area contributed by atoms with E-state index in [9.17, 15) is 0 Å². The van der Waals surface area contributed by atoms with Crippen molar-refractivity contribution in [2.24, 2.45) is 0 Å². The molecule has 0 amide bonds. The molecule has 0 atom stereocenters. The Balaban J connectivity index is 1.42. The molecule has 0 N–H and O–H groups in total. The van der Waals surface area contributed by atoms with Gasteiger partial charge in [0, 0.05) is 43.4 Å². The molecular weight excluding hydrogens is 538 g/mol. The molecule has 0 unspecified atom stereocenters. The molecule has 0 radical (unpaired) electrons. The van der Waals surface area contributed by atoms with Crippen molar-refractivity contribution in [2.45, 2.75) is 0 Å². The Bertz CT molecular complexity index is 2650. The molecule has 0 aliphatic carbocycles. The zero-order chi connectivity index (χ0) is 28.8. The van der Waals surface area contributed by atoms with Crippen LogP contribution in [-0.2, 0) is 0 Å². The predicted molar refractivity (Wildman–Crippen MR) is 180 cm³/mol. The highest BCUT2D eigenvalue weighted by atomic mass is 15.2. The van der Waals surface area contributed by atoms with Gasteiger partial charge in [-0.05, 0) is 12.1 Å². The van der Waals surface area contributed by atoms with Crippen LogP contribution in [0.2, 0.25) is 0 Å². The minimum Gasteiger partial charge on any atom is -0.306 e. The molecule has 0 fully saturated rings. The normalized spacial score (nSPS) is 12.1. The monoisotopic (exact) mass is 561 g/mol. The second-order valence-corrected chi connectivity index (χ2v) is 11.3. The molecule has 0 saturated carbocycles. The van der Waals surface area contributed by atoms with Crippen molar-refractivity contribution in [1.29, 1.82) is 0 Å². The van der Waals surface area contributed by atoms with E-state index < -0.39 is 0 Å². The molecule has 0 spiro atoms. The number of para-hydroxylation sites is 3. The first-order chi connectivity index (χ1) is 21.8. The highest BCUT2D eigenvalue weighted by Gasteiger charge is 2.24. The number of hydrogen-bond acceptors (Lipinski definition) is 3. The first-order valence-electron chi connectivity index (χ1n) is 14.8. The summed E-state index contributed by atoms with van der Waals surface area (Å²) >= 11 is 0. The topological polar surface area (TPSA) is 48.0 Å². The number of fused-ring (bicyclic) bond motifs is 10. The number of aromatic nitrogens is 5. The summed E-state index contributed by atoms with van der Waals surface area (Å²) in [5.74, 6) is 1.89. The summed E-state index contributed by atoms with van der Waals surface area (Å²) < 4.78 is 4.70. The predicted octanol–water partition coefficient (Wildman–Crippen LogP) is 9.45. The number of hydrogen-bond donors (Lipinski definition) is 0. The standard InChI is InChI=1S/C39H23N5/c1-3-12-24(13-4-1)37-40-38(25-14-5-2-6-15-25)42-39(41-37)44-33-21-10-8-17-27(33)30-22-23-31-29-19-11-18-28-26-16-7-9-20-32(26)43(34(28)29)35(31)36(30)44/h1-23H. The van der Waals surface area contributed by atoms with Gasteiger partial charge in [-0.25, -0.2) is 4.98 Å². The Kier molecular flexibility index (Phi) is 4.66. The van der Waals surface area contributed by atoms with E-state index in [1.807, 2.05) is 36.4 Å². The van der Waals surface area contributed by atoms with Crippen LogP contribution in [-0.4, -0.2) is 23.9 Å². The minimum atomic E-state index is 0.598. The Morgan fingerprint density at radius 2 is 0.818 bits per heavy atom. The van der Waals surface area contributed by atoms with E-state index in [4.69, 9.17) is 15.0 Å². The fraction of sp³-hybridized carbons (Fsp3) is 0. The zero-order valence-corrected chi connectivity index (χ0v) is 23.5. The molecule has 10 rings (SSSR count). The third-order valence-electron chi connectivity index (χ3n) is 8.91. The van der Waals surface area contributed by atoms with Crippen molar-refractivity contribution in [1.82, 2.24) is 23.9 Å². The van der Waals surface area contributed by atoms with Gasteiger partial charge in [0.1, 0.15) is 0 Å². The van der Waals surface area contributed by atoms with Gasteiger partial charge in [-0.15, -0.1) is 0 Å². The van der Waals surface area contributed by atoms with Crippen molar-refractivity contribution < 1.29 is 0 Å². The molecule has 5 nitrogen and oxygen atoms in total. The van der Waals surface area contributed by atoms with E-state index in [-0.39, 0.29) is 0 Å². The van der Waals surface area contributed by atoms with Gasteiger partial charge in [0.15, 0.2) is 11.6 Å². The second-order valence-electron chi connectivity index (χ2n) is 11.3. The Hall–Kier alpha value is -6.07. The Morgan fingerprint density at radius 3 is 1.48 bits per heavy atom. The lowest BCUT2D eigenvalue weighted by molar-refractivity contribution is 0.954. The maximum Gasteiger partial charge on any atom is 0.238 e. The minimum absolute atomic E-state index is 0.598. The Labute approximate surface area is 251 Å². The summed E-state index contributed by atoms with van der Waals surface area (Å²) in [6.07, 6.45) is 0. The van der Waals surface area contributed by atoms with Gasteiger partial charge in [-0.1, -0.05) is 127 Å². The summed E-state index contributed by atoms with van der Waals surface area (Å²) in [6.45, 7) is 0. The second kappa shape index (κ2) is 8.72. The molecular formula is C39H23N5. The van der Waals surface area contributed by atoms with Crippen molar-refractivity contribution >= 4 is 59.9 Å². The number of nitrogens with zero attached hydrogens (tertiary/aromatic N) is 5. The smallest absolute Gasteiger partial charge is 0.238 e. The highest BCUT2D eigenvalue weighted by Crippen LogP contribution is 2.44. The van der Waals surface area contributed by atoms with Crippen LogP contribution in [0.4, 0.5) is 0 Å². The molecule has 0 bridgehead atoms. The average Bonchev–Trinajstić information content (AvgIpc) is 3.74. The maximum atomic E-state index is 5.18. The largest absolute Gasteiger partial charge is 0.306 e. The SMILES string of the molecule is c1ccc(-c2nc(-c3ccccc3)nc(-n3c4ccccc4c4ccc5c6cccc7c8ccccc8n(c76)c5c43)n2)cc1. The van der Waals surface area contributed by atoms with Gasteiger partial charge in [-0.3, -0.25) is 4.57 Å². The van der Waals surface area contributed by atoms with E-state index in [1.54, 1.807) is 0 Å². The summed E-state index contributed by atoms with van der Waals surface area (Å²) in [5.41, 5.74) is 7.65. The van der Waals surface area contributed by atoms with Crippen LogP contribution >= 0.6 is 0 Å². The number of rotatable bonds is 3. The van der Waals surface area contributed by atoms with Gasteiger partial charge in [-0.2, -0.15) is 9.97 Å². The lowest BCUT2D eigenvalue weighted by Crippen LogP contribution is -2.06. The third kappa shape index (κ3) is 3.10. The Morgan fingerprint density at radius 1 is 0.341 bits per heavy atom. The van der Waals surface area contributed by atoms with Crippen LogP contribution in [0.3, 0.4) is 0 Å². The van der Waals surface area contributed by atoms with Crippen LogP contribution in [0.15, 0.2) is 140 Å². The van der Waals surface area contributed by atoms with Crippen molar-refractivity contribution in [3.05, 3.63) is 140 Å². The van der Waals surface area contributed by atoms with Crippen molar-refractivity contribution in [2.75, 3.05) is 0 Å². The van der Waals surface area contributed by atoms with Crippen LogP contribution in [0.25, 0.3) is 88.6 Å². The van der Waals surface area contributed by atoms with Crippen LogP contribution < -0.4 is 0 Å². The van der Waals surface area contributed by atoms with E-state index >= 15 is 0 Å². The fourth-order valence-corrected chi connectivity index (χ4v) is 7.06. The van der Waals surface area contributed by atoms with Gasteiger partial charge in [0.2, 0.25) is 5.95 Å². The first-order valence-corrected chi connectivity index (χ1v) is 14.8. The zero-order valence-electron chi connectivity index (χ0n) is 23.5. The molecule has 0 saturated heterocycles. The third-order valence-corrected chi connectivity index (χ3v) is 8.91. The van der Waals surface area contributed by atoms with Crippen LogP contribution in [0, 0.1) is 0 Å².